The Bertz CT molecular complexity index is 512. The van der Waals surface area contributed by atoms with Gasteiger partial charge < -0.3 is 15.4 Å². The van der Waals surface area contributed by atoms with Crippen molar-refractivity contribution in [1.82, 2.24) is 14.5 Å². The minimum Gasteiger partial charge on any atom is -0.381 e. The van der Waals surface area contributed by atoms with E-state index in [0.29, 0.717) is 12.6 Å². The summed E-state index contributed by atoms with van der Waals surface area (Å²) in [4.78, 5) is 12.1. The smallest absolute Gasteiger partial charge is 0.330 e. The molecule has 2 aliphatic rings. The quantitative estimate of drug-likeness (QED) is 0.834. The minimum atomic E-state index is 0.488. The number of likely N-dealkylation sites (N-methyl/N-ethyl adjacent to an activating group) is 1. The summed E-state index contributed by atoms with van der Waals surface area (Å²) in [6.07, 6.45) is 9.20. The molecule has 2 saturated heterocycles. The van der Waals surface area contributed by atoms with Crippen LogP contribution in [0.15, 0.2) is 12.3 Å². The second kappa shape index (κ2) is 8.23. The minimum absolute atomic E-state index is 0.488. The molecule has 6 heteroatoms. The number of hydrogen-bond donors (Lipinski definition) is 1. The van der Waals surface area contributed by atoms with Crippen LogP contribution in [0.4, 0.5) is 11.8 Å². The summed E-state index contributed by atoms with van der Waals surface area (Å²) in [6, 6.07) is 2.55. The maximum absolute atomic E-state index is 5.95. The first-order chi connectivity index (χ1) is 11.7. The van der Waals surface area contributed by atoms with Gasteiger partial charge >= 0.3 is 5.95 Å². The molecule has 0 amide bonds. The lowest BCUT2D eigenvalue weighted by Gasteiger charge is -2.40. The average Bonchev–Trinajstić information content (AvgIpc) is 2.92. The molecule has 2 aliphatic heterocycles. The van der Waals surface area contributed by atoms with Crippen LogP contribution in [-0.2, 0) is 4.74 Å². The Labute approximate surface area is 145 Å². The van der Waals surface area contributed by atoms with Crippen molar-refractivity contribution >= 4 is 11.8 Å². The number of ether oxygens (including phenoxy) is 1. The topological polar surface area (TPSA) is 64.3 Å². The van der Waals surface area contributed by atoms with Crippen LogP contribution < -0.4 is 15.1 Å². The Kier molecular flexibility index (Phi) is 6.03. The van der Waals surface area contributed by atoms with Gasteiger partial charge in [0.15, 0.2) is 0 Å². The van der Waals surface area contributed by atoms with Gasteiger partial charge in [0.05, 0.1) is 26.8 Å². The van der Waals surface area contributed by atoms with E-state index in [4.69, 9.17) is 15.5 Å². The second-order valence-corrected chi connectivity index (χ2v) is 7.24. The van der Waals surface area contributed by atoms with Crippen molar-refractivity contribution < 1.29 is 4.74 Å². The van der Waals surface area contributed by atoms with E-state index in [2.05, 4.69) is 23.0 Å². The van der Waals surface area contributed by atoms with Gasteiger partial charge in [-0.25, -0.2) is 0 Å². The predicted octanol–water partition coefficient (Wildman–Crippen LogP) is 1.93. The van der Waals surface area contributed by atoms with E-state index in [1.165, 1.54) is 25.7 Å². The molecule has 134 valence electrons. The highest BCUT2D eigenvalue weighted by Crippen LogP contribution is 2.28. The first-order valence-electron chi connectivity index (χ1n) is 9.45. The lowest BCUT2D eigenvalue weighted by molar-refractivity contribution is 0.0436. The molecule has 0 aromatic carbocycles. The van der Waals surface area contributed by atoms with Crippen LogP contribution in [0.2, 0.25) is 0 Å². The zero-order valence-corrected chi connectivity index (χ0v) is 15.0. The number of rotatable bonds is 5. The van der Waals surface area contributed by atoms with Crippen LogP contribution in [0.1, 0.15) is 38.5 Å². The predicted molar refractivity (Wildman–Crippen MR) is 98.2 cm³/mol. The van der Waals surface area contributed by atoms with Crippen molar-refractivity contribution in [3.05, 3.63) is 12.3 Å². The highest BCUT2D eigenvalue weighted by atomic mass is 16.5. The van der Waals surface area contributed by atoms with Crippen molar-refractivity contribution in [3.8, 4) is 0 Å². The van der Waals surface area contributed by atoms with Gasteiger partial charge in [0.25, 0.3) is 0 Å². The summed E-state index contributed by atoms with van der Waals surface area (Å²) in [5.41, 5.74) is 5.95. The average molecular weight is 334 g/mol. The molecule has 6 nitrogen and oxygen atoms in total. The van der Waals surface area contributed by atoms with Gasteiger partial charge in [-0.15, -0.1) is 0 Å². The number of hydrogen-bond acceptors (Lipinski definition) is 5. The summed E-state index contributed by atoms with van der Waals surface area (Å²) in [5.74, 6) is 1.99. The van der Waals surface area contributed by atoms with E-state index >= 15 is 0 Å². The molecule has 3 heterocycles. The maximum atomic E-state index is 5.95. The van der Waals surface area contributed by atoms with E-state index in [1.807, 2.05) is 6.20 Å². The van der Waals surface area contributed by atoms with Crippen molar-refractivity contribution in [1.29, 1.82) is 0 Å². The van der Waals surface area contributed by atoms with Crippen LogP contribution in [0.5, 0.6) is 0 Å². The van der Waals surface area contributed by atoms with E-state index in [-0.39, 0.29) is 0 Å². The molecule has 24 heavy (non-hydrogen) atoms. The zero-order valence-electron chi connectivity index (χ0n) is 15.0. The molecular weight excluding hydrogens is 302 g/mol. The van der Waals surface area contributed by atoms with E-state index in [9.17, 15) is 0 Å². The monoisotopic (exact) mass is 334 g/mol. The fraction of sp³-hybridized carbons (Fsp3) is 0.778. The third-order valence-corrected chi connectivity index (χ3v) is 5.61. The van der Waals surface area contributed by atoms with Gasteiger partial charge in [0, 0.05) is 38.7 Å². The molecule has 1 aromatic heterocycles. The van der Waals surface area contributed by atoms with Gasteiger partial charge in [0.2, 0.25) is 0 Å². The molecular formula is C18H32N5O+. The third-order valence-electron chi connectivity index (χ3n) is 5.61. The fourth-order valence-corrected chi connectivity index (χ4v) is 4.03. The Morgan fingerprint density at radius 3 is 2.58 bits per heavy atom. The lowest BCUT2D eigenvalue weighted by Crippen LogP contribution is -2.58. The Morgan fingerprint density at radius 1 is 1.21 bits per heavy atom. The summed E-state index contributed by atoms with van der Waals surface area (Å²) >= 11 is 0. The van der Waals surface area contributed by atoms with E-state index in [0.717, 1.165) is 61.9 Å². The molecule has 0 bridgehead atoms. The lowest BCUT2D eigenvalue weighted by atomic mass is 10.0. The molecule has 0 aliphatic carbocycles. The summed E-state index contributed by atoms with van der Waals surface area (Å²) in [6.45, 7) is 5.38. The van der Waals surface area contributed by atoms with Crippen LogP contribution in [0.25, 0.3) is 0 Å². The van der Waals surface area contributed by atoms with Crippen LogP contribution >= 0.6 is 0 Å². The van der Waals surface area contributed by atoms with Gasteiger partial charge in [-0.1, -0.05) is 12.8 Å². The third kappa shape index (κ3) is 3.87. The zero-order chi connectivity index (χ0) is 16.8. The first-order valence-corrected chi connectivity index (χ1v) is 9.45. The van der Waals surface area contributed by atoms with Crippen molar-refractivity contribution in [3.63, 3.8) is 0 Å². The van der Waals surface area contributed by atoms with E-state index in [1.54, 1.807) is 0 Å². The van der Waals surface area contributed by atoms with Gasteiger partial charge in [-0.05, 0) is 18.9 Å². The molecule has 1 unspecified atom stereocenters. The number of aromatic nitrogens is 2. The number of quaternary nitrogens is 1. The SMILES string of the molecule is C[N+](CCN)(c1nccc(N2CCCCCC2)n1)C1CCOCC1. The molecule has 0 saturated carbocycles. The Hall–Kier alpha value is -1.24. The Morgan fingerprint density at radius 2 is 1.92 bits per heavy atom. The molecule has 1 atom stereocenters. The van der Waals surface area contributed by atoms with Crippen molar-refractivity contribution in [2.45, 2.75) is 44.6 Å². The Balaban J connectivity index is 1.85. The van der Waals surface area contributed by atoms with Crippen molar-refractivity contribution in [2.75, 3.05) is 51.3 Å². The second-order valence-electron chi connectivity index (χ2n) is 7.24. The van der Waals surface area contributed by atoms with Crippen molar-refractivity contribution in [2.24, 2.45) is 5.73 Å². The number of nitrogens with two attached hydrogens (primary N) is 1. The number of anilines is 1. The fourth-order valence-electron chi connectivity index (χ4n) is 4.03. The van der Waals surface area contributed by atoms with Gasteiger partial charge in [-0.2, -0.15) is 9.97 Å². The molecule has 1 aromatic rings. The van der Waals surface area contributed by atoms with E-state index < -0.39 is 0 Å². The maximum Gasteiger partial charge on any atom is 0.330 e. The van der Waals surface area contributed by atoms with Crippen LogP contribution in [-0.4, -0.2) is 62.5 Å². The molecule has 3 rings (SSSR count). The normalized spacial score (nSPS) is 22.8. The summed E-state index contributed by atoms with van der Waals surface area (Å²) < 4.78 is 6.28. The molecule has 0 spiro atoms. The van der Waals surface area contributed by atoms with Crippen LogP contribution in [0, 0.1) is 0 Å². The standard InChI is InChI=1S/C18H32N5O/c1-23(13-9-19,16-7-14-24-15-8-16)18-20-10-6-17(21-18)22-11-4-2-3-5-12-22/h6,10,16H,2-5,7-9,11-15,19H2,1H3/q+1. The molecule has 0 radical (unpaired) electrons. The summed E-state index contributed by atoms with van der Waals surface area (Å²) in [7, 11) is 2.24. The van der Waals surface area contributed by atoms with Gasteiger partial charge in [-0.3, -0.25) is 4.48 Å². The first kappa shape index (κ1) is 17.6. The number of nitrogens with zero attached hydrogens (tertiary/aromatic N) is 4. The summed E-state index contributed by atoms with van der Waals surface area (Å²) in [5, 5.41) is 0. The highest BCUT2D eigenvalue weighted by Gasteiger charge is 2.38. The van der Waals surface area contributed by atoms with Crippen LogP contribution in [0.3, 0.4) is 0 Å². The molecule has 2 fully saturated rings. The molecule has 2 N–H and O–H groups in total. The largest absolute Gasteiger partial charge is 0.381 e. The highest BCUT2D eigenvalue weighted by molar-refractivity contribution is 5.42. The van der Waals surface area contributed by atoms with Gasteiger partial charge in [0.1, 0.15) is 11.9 Å².